The Morgan fingerprint density at radius 1 is 1.11 bits per heavy atom. The molecule has 0 unspecified atom stereocenters. The molecule has 2 aromatic heterocycles. The van der Waals surface area contributed by atoms with Crippen LogP contribution in [0.5, 0.6) is 0 Å². The van der Waals surface area contributed by atoms with Crippen molar-refractivity contribution in [3.8, 4) is 11.3 Å². The predicted octanol–water partition coefficient (Wildman–Crippen LogP) is 4.21. The number of benzene rings is 1. The third-order valence-electron chi connectivity index (χ3n) is 4.26. The fourth-order valence-corrected chi connectivity index (χ4v) is 2.96. The van der Waals surface area contributed by atoms with Crippen LogP contribution >= 0.6 is 0 Å². The lowest BCUT2D eigenvalue weighted by Gasteiger charge is -2.14. The average molecular weight is 377 g/mol. The molecule has 0 aliphatic rings. The van der Waals surface area contributed by atoms with Crippen LogP contribution in [0, 0.1) is 6.92 Å². The molecule has 0 saturated carbocycles. The van der Waals surface area contributed by atoms with Crippen molar-refractivity contribution in [2.75, 3.05) is 17.2 Å². The number of aryl methyl sites for hydroxylation is 1. The summed E-state index contributed by atoms with van der Waals surface area (Å²) in [5, 5.41) is 15.0. The lowest BCUT2D eigenvalue weighted by molar-refractivity contribution is -0.134. The van der Waals surface area contributed by atoms with E-state index in [1.807, 2.05) is 24.3 Å². The highest BCUT2D eigenvalue weighted by molar-refractivity contribution is 5.73. The Balaban J connectivity index is 1.94. The lowest BCUT2D eigenvalue weighted by Crippen LogP contribution is -2.15. The first-order valence-corrected chi connectivity index (χ1v) is 9.05. The summed E-state index contributed by atoms with van der Waals surface area (Å²) < 4.78 is 0. The van der Waals surface area contributed by atoms with Crippen LogP contribution in [0.3, 0.4) is 0 Å². The predicted molar refractivity (Wildman–Crippen MR) is 110 cm³/mol. The van der Waals surface area contributed by atoms with Crippen LogP contribution < -0.4 is 10.6 Å². The minimum atomic E-state index is -0.979. The number of carboxylic acids is 1. The highest BCUT2D eigenvalue weighted by Crippen LogP contribution is 2.26. The third-order valence-corrected chi connectivity index (χ3v) is 4.26. The Morgan fingerprint density at radius 3 is 2.50 bits per heavy atom. The second-order valence-electron chi connectivity index (χ2n) is 6.80. The van der Waals surface area contributed by atoms with Crippen LogP contribution in [-0.4, -0.2) is 32.6 Å². The number of nitrogens with one attached hydrogen (secondary N) is 2. The van der Waals surface area contributed by atoms with Crippen molar-refractivity contribution in [2.45, 2.75) is 26.7 Å². The summed E-state index contributed by atoms with van der Waals surface area (Å²) >= 11 is 0. The van der Waals surface area contributed by atoms with Crippen molar-refractivity contribution in [1.82, 2.24) is 15.0 Å². The van der Waals surface area contributed by atoms with E-state index in [0.29, 0.717) is 17.4 Å². The maximum absolute atomic E-state index is 10.9. The highest BCUT2D eigenvalue weighted by atomic mass is 16.4. The van der Waals surface area contributed by atoms with Crippen molar-refractivity contribution in [3.05, 3.63) is 59.9 Å². The Kier molecular flexibility index (Phi) is 5.84. The molecule has 0 amide bonds. The van der Waals surface area contributed by atoms with Gasteiger partial charge < -0.3 is 15.7 Å². The number of carboxylic acid groups (broad SMARTS) is 1. The first-order chi connectivity index (χ1) is 13.4. The Morgan fingerprint density at radius 2 is 1.86 bits per heavy atom. The van der Waals surface area contributed by atoms with E-state index in [0.717, 1.165) is 11.3 Å². The summed E-state index contributed by atoms with van der Waals surface area (Å²) in [7, 11) is 0. The fraction of sp³-hybridized carbons (Fsp3) is 0.238. The molecule has 0 saturated heterocycles. The van der Waals surface area contributed by atoms with Gasteiger partial charge in [-0.2, -0.15) is 4.98 Å². The van der Waals surface area contributed by atoms with E-state index >= 15 is 0 Å². The smallest absolute Gasteiger partial charge is 0.322 e. The van der Waals surface area contributed by atoms with Gasteiger partial charge in [0.2, 0.25) is 5.95 Å². The molecule has 7 heteroatoms. The van der Waals surface area contributed by atoms with Crippen LogP contribution in [0.15, 0.2) is 48.8 Å². The molecule has 0 atom stereocenters. The molecule has 0 aliphatic carbocycles. The summed E-state index contributed by atoms with van der Waals surface area (Å²) in [5.41, 5.74) is 4.95. The number of hydrogen-bond acceptors (Lipinski definition) is 6. The molecule has 7 nitrogen and oxygen atoms in total. The molecule has 3 N–H and O–H groups in total. The zero-order valence-corrected chi connectivity index (χ0v) is 16.1. The topological polar surface area (TPSA) is 100 Å². The maximum Gasteiger partial charge on any atom is 0.322 e. The molecule has 1 aromatic carbocycles. The Hall–Kier alpha value is -3.48. The van der Waals surface area contributed by atoms with Crippen LogP contribution in [0.2, 0.25) is 0 Å². The second-order valence-corrected chi connectivity index (χ2v) is 6.80. The molecule has 0 fully saturated rings. The van der Waals surface area contributed by atoms with Gasteiger partial charge in [-0.1, -0.05) is 19.9 Å². The van der Waals surface area contributed by atoms with E-state index in [-0.39, 0.29) is 12.5 Å². The van der Waals surface area contributed by atoms with Crippen molar-refractivity contribution < 1.29 is 9.90 Å². The van der Waals surface area contributed by atoms with Crippen molar-refractivity contribution in [1.29, 1.82) is 0 Å². The lowest BCUT2D eigenvalue weighted by atomic mass is 9.98. The van der Waals surface area contributed by atoms with Crippen LogP contribution in [0.1, 0.15) is 30.9 Å². The molecule has 0 bridgehead atoms. The number of pyridine rings is 1. The molecular weight excluding hydrogens is 354 g/mol. The van der Waals surface area contributed by atoms with E-state index in [9.17, 15) is 4.79 Å². The van der Waals surface area contributed by atoms with Gasteiger partial charge >= 0.3 is 5.97 Å². The molecule has 0 aliphatic heterocycles. The largest absolute Gasteiger partial charge is 0.480 e. The molecule has 2 heterocycles. The quantitative estimate of drug-likeness (QED) is 0.567. The van der Waals surface area contributed by atoms with Gasteiger partial charge in [-0.25, -0.2) is 4.98 Å². The summed E-state index contributed by atoms with van der Waals surface area (Å²) in [6.07, 6.45) is 3.37. The van der Waals surface area contributed by atoms with E-state index < -0.39 is 5.97 Å². The van der Waals surface area contributed by atoms with Gasteiger partial charge in [0.25, 0.3) is 0 Å². The minimum absolute atomic E-state index is 0.245. The number of aromatic nitrogens is 3. The Labute approximate surface area is 163 Å². The SMILES string of the molecule is Cc1cc(Nc2cc(-c3ccncc3)nc(NCC(=O)O)n2)ccc1C(C)C. The normalized spacial score (nSPS) is 10.7. The monoisotopic (exact) mass is 377 g/mol. The molecular formula is C21H23N5O2. The van der Waals surface area contributed by atoms with Gasteiger partial charge in [0, 0.05) is 29.7 Å². The molecule has 0 radical (unpaired) electrons. The van der Waals surface area contributed by atoms with Crippen LogP contribution in [-0.2, 0) is 4.79 Å². The zero-order chi connectivity index (χ0) is 20.1. The zero-order valence-electron chi connectivity index (χ0n) is 16.1. The molecule has 0 spiro atoms. The first-order valence-electron chi connectivity index (χ1n) is 9.05. The van der Waals surface area contributed by atoms with Crippen LogP contribution in [0.4, 0.5) is 17.5 Å². The second kappa shape index (κ2) is 8.47. The standard InChI is InChI=1S/C21H23N5O2/c1-13(2)17-5-4-16(10-14(17)3)24-19-11-18(15-6-8-22-9-7-15)25-21(26-19)23-12-20(27)28/h4-11,13H,12H2,1-3H3,(H,27,28)(H2,23,24,25,26). The van der Waals surface area contributed by atoms with Gasteiger partial charge in [-0.15, -0.1) is 0 Å². The number of aliphatic carboxylic acids is 1. The summed E-state index contributed by atoms with van der Waals surface area (Å²) in [4.78, 5) is 23.7. The third kappa shape index (κ3) is 4.82. The molecule has 3 aromatic rings. The average Bonchev–Trinajstić information content (AvgIpc) is 2.66. The van der Waals surface area contributed by atoms with Gasteiger partial charge in [0.1, 0.15) is 12.4 Å². The van der Waals surface area contributed by atoms with Gasteiger partial charge in [-0.3, -0.25) is 9.78 Å². The van der Waals surface area contributed by atoms with Gasteiger partial charge in [0.15, 0.2) is 0 Å². The molecule has 28 heavy (non-hydrogen) atoms. The van der Waals surface area contributed by atoms with E-state index in [1.165, 1.54) is 11.1 Å². The molecule has 3 rings (SSSR count). The number of nitrogens with zero attached hydrogens (tertiary/aromatic N) is 3. The van der Waals surface area contributed by atoms with Crippen molar-refractivity contribution in [2.24, 2.45) is 0 Å². The van der Waals surface area contributed by atoms with Crippen molar-refractivity contribution in [3.63, 3.8) is 0 Å². The minimum Gasteiger partial charge on any atom is -0.480 e. The highest BCUT2D eigenvalue weighted by Gasteiger charge is 2.10. The number of carbonyl (C=O) groups is 1. The van der Waals surface area contributed by atoms with Gasteiger partial charge in [-0.05, 0) is 48.2 Å². The summed E-state index contributed by atoms with van der Waals surface area (Å²) in [5.74, 6) is 0.298. The van der Waals surface area contributed by atoms with Crippen molar-refractivity contribution >= 4 is 23.4 Å². The van der Waals surface area contributed by atoms with E-state index in [1.54, 1.807) is 12.4 Å². The number of hydrogen-bond donors (Lipinski definition) is 3. The number of rotatable bonds is 7. The maximum atomic E-state index is 10.9. The fourth-order valence-electron chi connectivity index (χ4n) is 2.96. The van der Waals surface area contributed by atoms with Gasteiger partial charge in [0.05, 0.1) is 5.69 Å². The first kappa shape index (κ1) is 19.3. The summed E-state index contributed by atoms with van der Waals surface area (Å²) in [6, 6.07) is 11.7. The summed E-state index contributed by atoms with van der Waals surface area (Å²) in [6.45, 7) is 6.16. The molecule has 144 valence electrons. The van der Waals surface area contributed by atoms with Crippen LogP contribution in [0.25, 0.3) is 11.3 Å². The number of anilines is 3. The van der Waals surface area contributed by atoms with E-state index in [4.69, 9.17) is 5.11 Å². The Bertz CT molecular complexity index is 974. The van der Waals surface area contributed by atoms with E-state index in [2.05, 4.69) is 58.5 Å².